The van der Waals surface area contributed by atoms with E-state index in [1.165, 1.54) is 0 Å². The molecule has 0 saturated carbocycles. The lowest BCUT2D eigenvalue weighted by molar-refractivity contribution is -0.120. The van der Waals surface area contributed by atoms with E-state index in [9.17, 15) is 4.79 Å². The molecule has 2 aliphatic heterocycles. The van der Waals surface area contributed by atoms with Crippen molar-refractivity contribution in [3.05, 3.63) is 17.7 Å². The normalized spacial score (nSPS) is 24.9. The number of rotatable bonds is 2. The van der Waals surface area contributed by atoms with Crippen LogP contribution in [0.5, 0.6) is 11.5 Å². The fourth-order valence-electron chi connectivity index (χ4n) is 2.85. The molecule has 0 radical (unpaired) electrons. The molecule has 2 atom stereocenters. The molecule has 3 rings (SSSR count). The number of hydrogen-bond acceptors (Lipinski definition) is 4. The minimum atomic E-state index is 0.0461. The Kier molecular flexibility index (Phi) is 3.30. The minimum Gasteiger partial charge on any atom is -0.454 e. The van der Waals surface area contributed by atoms with Crippen LogP contribution in [0, 0.1) is 12.8 Å². The smallest absolute Gasteiger partial charge is 0.231 e. The van der Waals surface area contributed by atoms with Crippen LogP contribution >= 0.6 is 0 Å². The number of aryl methyl sites for hydroxylation is 1. The van der Waals surface area contributed by atoms with Crippen molar-refractivity contribution in [1.29, 1.82) is 0 Å². The summed E-state index contributed by atoms with van der Waals surface area (Å²) in [6, 6.07) is 4.03. The van der Waals surface area contributed by atoms with Gasteiger partial charge in [-0.25, -0.2) is 0 Å². The number of likely N-dealkylation sites (tertiary alicyclic amines) is 1. The van der Waals surface area contributed by atoms with E-state index in [1.807, 2.05) is 19.1 Å². The summed E-state index contributed by atoms with van der Waals surface area (Å²) in [6.07, 6.45) is 0.910. The van der Waals surface area contributed by atoms with Crippen molar-refractivity contribution in [3.63, 3.8) is 0 Å². The maximum Gasteiger partial charge on any atom is 0.231 e. The van der Waals surface area contributed by atoms with Crippen LogP contribution in [0.2, 0.25) is 0 Å². The fourth-order valence-corrected chi connectivity index (χ4v) is 2.85. The summed E-state index contributed by atoms with van der Waals surface area (Å²) >= 11 is 0. The molecule has 20 heavy (non-hydrogen) atoms. The van der Waals surface area contributed by atoms with Crippen LogP contribution < -0.4 is 14.8 Å². The molecule has 0 bridgehead atoms. The van der Waals surface area contributed by atoms with Crippen molar-refractivity contribution < 1.29 is 14.3 Å². The average Bonchev–Trinajstić information content (AvgIpc) is 2.98. The molecule has 1 N–H and O–H groups in total. The molecule has 0 aliphatic carbocycles. The molecule has 5 heteroatoms. The van der Waals surface area contributed by atoms with E-state index in [2.05, 4.69) is 24.2 Å². The number of hydrogen-bond donors (Lipinski definition) is 1. The van der Waals surface area contributed by atoms with Gasteiger partial charge in [-0.2, -0.15) is 0 Å². The third-order valence-corrected chi connectivity index (χ3v) is 4.38. The highest BCUT2D eigenvalue weighted by Gasteiger charge is 2.33. The standard InChI is InChI=1S/C15H20N2O3/c1-9-6-13-14(20-8-19-13)7-12(9)16-15(18)11-4-5-17(3)10(11)2/h6-7,10-11H,4-5,8H2,1-3H3,(H,16,18)/t10-,11-/m1/s1. The lowest BCUT2D eigenvalue weighted by Gasteiger charge is -2.20. The maximum absolute atomic E-state index is 12.4. The first-order chi connectivity index (χ1) is 9.56. The Labute approximate surface area is 118 Å². The Bertz CT molecular complexity index is 544. The van der Waals surface area contributed by atoms with Gasteiger partial charge in [0, 0.05) is 17.8 Å². The average molecular weight is 276 g/mol. The summed E-state index contributed by atoms with van der Waals surface area (Å²) in [7, 11) is 2.06. The van der Waals surface area contributed by atoms with E-state index >= 15 is 0 Å². The topological polar surface area (TPSA) is 50.8 Å². The van der Waals surface area contributed by atoms with Crippen molar-refractivity contribution in [1.82, 2.24) is 4.90 Å². The summed E-state index contributed by atoms with van der Waals surface area (Å²) in [6.45, 7) is 5.28. The van der Waals surface area contributed by atoms with Gasteiger partial charge in [0.2, 0.25) is 12.7 Å². The van der Waals surface area contributed by atoms with Crippen LogP contribution in [0.25, 0.3) is 0 Å². The van der Waals surface area contributed by atoms with Crippen LogP contribution in [0.3, 0.4) is 0 Å². The van der Waals surface area contributed by atoms with Gasteiger partial charge in [-0.3, -0.25) is 4.79 Å². The number of anilines is 1. The van der Waals surface area contributed by atoms with Crippen LogP contribution in [0.4, 0.5) is 5.69 Å². The number of carbonyl (C=O) groups is 1. The van der Waals surface area contributed by atoms with Crippen molar-refractivity contribution >= 4 is 11.6 Å². The number of nitrogens with one attached hydrogen (secondary N) is 1. The molecule has 1 fully saturated rings. The first kappa shape index (κ1) is 13.2. The second-order valence-electron chi connectivity index (χ2n) is 5.63. The van der Waals surface area contributed by atoms with Crippen LogP contribution in [0.15, 0.2) is 12.1 Å². The zero-order chi connectivity index (χ0) is 14.3. The molecule has 0 aromatic heterocycles. The lowest BCUT2D eigenvalue weighted by Crippen LogP contribution is -2.33. The number of amides is 1. The summed E-state index contributed by atoms with van der Waals surface area (Å²) < 4.78 is 10.7. The molecule has 0 spiro atoms. The van der Waals surface area contributed by atoms with Crippen LogP contribution in [-0.4, -0.2) is 37.2 Å². The highest BCUT2D eigenvalue weighted by Crippen LogP contribution is 2.37. The van der Waals surface area contributed by atoms with E-state index in [-0.39, 0.29) is 24.7 Å². The summed E-state index contributed by atoms with van der Waals surface area (Å²) in [5.74, 6) is 1.57. The third-order valence-electron chi connectivity index (χ3n) is 4.38. The predicted molar refractivity (Wildman–Crippen MR) is 76.1 cm³/mol. The number of nitrogens with zero attached hydrogens (tertiary/aromatic N) is 1. The van der Waals surface area contributed by atoms with Gasteiger partial charge >= 0.3 is 0 Å². The Morgan fingerprint density at radius 2 is 2.05 bits per heavy atom. The molecule has 5 nitrogen and oxygen atoms in total. The van der Waals surface area contributed by atoms with E-state index in [4.69, 9.17) is 9.47 Å². The van der Waals surface area contributed by atoms with Gasteiger partial charge in [-0.05, 0) is 45.5 Å². The molecule has 2 heterocycles. The lowest BCUT2D eigenvalue weighted by atomic mass is 10.0. The van der Waals surface area contributed by atoms with Crippen molar-refractivity contribution in [2.75, 3.05) is 25.7 Å². The number of fused-ring (bicyclic) bond motifs is 1. The van der Waals surface area contributed by atoms with E-state index < -0.39 is 0 Å². The van der Waals surface area contributed by atoms with Gasteiger partial charge in [0.15, 0.2) is 11.5 Å². The fraction of sp³-hybridized carbons (Fsp3) is 0.533. The van der Waals surface area contributed by atoms with E-state index in [0.29, 0.717) is 5.75 Å². The Morgan fingerprint density at radius 1 is 1.35 bits per heavy atom. The van der Waals surface area contributed by atoms with E-state index in [1.54, 1.807) is 0 Å². The van der Waals surface area contributed by atoms with Crippen molar-refractivity contribution in [3.8, 4) is 11.5 Å². The summed E-state index contributed by atoms with van der Waals surface area (Å²) in [5.41, 5.74) is 1.79. The first-order valence-electron chi connectivity index (χ1n) is 6.97. The van der Waals surface area contributed by atoms with Gasteiger partial charge in [-0.1, -0.05) is 0 Å². The minimum absolute atomic E-state index is 0.0461. The quantitative estimate of drug-likeness (QED) is 0.897. The molecule has 1 saturated heterocycles. The Balaban J connectivity index is 1.76. The maximum atomic E-state index is 12.4. The second-order valence-corrected chi connectivity index (χ2v) is 5.63. The second kappa shape index (κ2) is 4.98. The number of benzene rings is 1. The zero-order valence-electron chi connectivity index (χ0n) is 12.1. The number of carbonyl (C=O) groups excluding carboxylic acids is 1. The Hall–Kier alpha value is -1.75. The highest BCUT2D eigenvalue weighted by molar-refractivity contribution is 5.94. The largest absolute Gasteiger partial charge is 0.454 e. The predicted octanol–water partition coefficient (Wildman–Crippen LogP) is 2.00. The van der Waals surface area contributed by atoms with Crippen molar-refractivity contribution in [2.24, 2.45) is 5.92 Å². The Morgan fingerprint density at radius 3 is 2.70 bits per heavy atom. The molecule has 2 aliphatic rings. The number of ether oxygens (including phenoxy) is 2. The third kappa shape index (κ3) is 2.22. The van der Waals surface area contributed by atoms with Crippen molar-refractivity contribution in [2.45, 2.75) is 26.3 Å². The van der Waals surface area contributed by atoms with Gasteiger partial charge in [-0.15, -0.1) is 0 Å². The zero-order valence-corrected chi connectivity index (χ0v) is 12.1. The SMILES string of the molecule is Cc1cc2c(cc1NC(=O)[C@@H]1CCN(C)[C@@H]1C)OCO2. The first-order valence-corrected chi connectivity index (χ1v) is 6.97. The molecular weight excluding hydrogens is 256 g/mol. The van der Waals surface area contributed by atoms with Gasteiger partial charge < -0.3 is 19.7 Å². The monoisotopic (exact) mass is 276 g/mol. The van der Waals surface area contributed by atoms with E-state index in [0.717, 1.165) is 30.0 Å². The molecule has 1 amide bonds. The van der Waals surface area contributed by atoms with Gasteiger partial charge in [0.1, 0.15) is 0 Å². The van der Waals surface area contributed by atoms with Crippen LogP contribution in [-0.2, 0) is 4.79 Å². The molecular formula is C15H20N2O3. The summed E-state index contributed by atoms with van der Waals surface area (Å²) in [4.78, 5) is 14.6. The molecule has 0 unspecified atom stereocenters. The highest BCUT2D eigenvalue weighted by atomic mass is 16.7. The summed E-state index contributed by atoms with van der Waals surface area (Å²) in [5, 5.41) is 3.03. The molecule has 1 aromatic carbocycles. The van der Waals surface area contributed by atoms with Gasteiger partial charge in [0.05, 0.1) is 5.92 Å². The molecule has 1 aromatic rings. The molecule has 108 valence electrons. The van der Waals surface area contributed by atoms with Gasteiger partial charge in [0.25, 0.3) is 0 Å². The van der Waals surface area contributed by atoms with Crippen LogP contribution in [0.1, 0.15) is 18.9 Å².